The number of hydrogen-bond donors (Lipinski definition) is 2. The van der Waals surface area contributed by atoms with Gasteiger partial charge in [-0.3, -0.25) is 4.79 Å². The quantitative estimate of drug-likeness (QED) is 0.572. The van der Waals surface area contributed by atoms with Crippen molar-refractivity contribution in [3.8, 4) is 11.5 Å². The maximum absolute atomic E-state index is 12.3. The van der Waals surface area contributed by atoms with Gasteiger partial charge >= 0.3 is 0 Å². The second-order valence-electron chi connectivity index (χ2n) is 6.79. The molecule has 29 heavy (non-hydrogen) atoms. The largest absolute Gasteiger partial charge is 0.493 e. The number of para-hydroxylation sites is 1. The summed E-state index contributed by atoms with van der Waals surface area (Å²) in [6.45, 7) is 4.57. The molecule has 2 N–H and O–H groups in total. The molecule has 3 aromatic rings. The van der Waals surface area contributed by atoms with Gasteiger partial charge in [-0.15, -0.1) is 0 Å². The van der Waals surface area contributed by atoms with Gasteiger partial charge in [-0.25, -0.2) is 0 Å². The first kappa shape index (κ1) is 20.3. The number of anilines is 2. The van der Waals surface area contributed by atoms with Crippen LogP contribution < -0.4 is 20.1 Å². The molecule has 0 heterocycles. The summed E-state index contributed by atoms with van der Waals surface area (Å²) in [7, 11) is 1.59. The maximum atomic E-state index is 12.3. The molecule has 3 aromatic carbocycles. The Morgan fingerprint density at radius 1 is 0.931 bits per heavy atom. The molecule has 0 radical (unpaired) electrons. The average Bonchev–Trinajstić information content (AvgIpc) is 2.75. The van der Waals surface area contributed by atoms with Crippen molar-refractivity contribution in [2.75, 3.05) is 24.4 Å². The van der Waals surface area contributed by atoms with Crippen LogP contribution in [-0.2, 0) is 11.3 Å². The van der Waals surface area contributed by atoms with Crippen LogP contribution in [0.1, 0.15) is 16.7 Å². The van der Waals surface area contributed by atoms with E-state index >= 15 is 0 Å². The van der Waals surface area contributed by atoms with Gasteiger partial charge < -0.3 is 20.1 Å². The molecular formula is C24H26N2O3. The van der Waals surface area contributed by atoms with Gasteiger partial charge in [0.2, 0.25) is 0 Å². The minimum absolute atomic E-state index is 0.0919. The summed E-state index contributed by atoms with van der Waals surface area (Å²) in [5.41, 5.74) is 5.08. The highest BCUT2D eigenvalue weighted by molar-refractivity contribution is 5.92. The van der Waals surface area contributed by atoms with E-state index in [-0.39, 0.29) is 12.5 Å². The Hall–Kier alpha value is -3.47. The zero-order valence-corrected chi connectivity index (χ0v) is 17.0. The molecular weight excluding hydrogens is 364 g/mol. The predicted molar refractivity (Wildman–Crippen MR) is 117 cm³/mol. The van der Waals surface area contributed by atoms with E-state index in [4.69, 9.17) is 9.47 Å². The Balaban J connectivity index is 1.58. The molecule has 0 aliphatic rings. The van der Waals surface area contributed by atoms with Crippen LogP contribution in [0.3, 0.4) is 0 Å². The zero-order valence-electron chi connectivity index (χ0n) is 17.0. The number of aryl methyl sites for hydroxylation is 1. The maximum Gasteiger partial charge on any atom is 0.262 e. The SMILES string of the molecule is COc1cc(CNc2ccccc2)ccc1OCC(=O)Nc1cccc(C)c1C. The van der Waals surface area contributed by atoms with E-state index in [1.54, 1.807) is 7.11 Å². The van der Waals surface area contributed by atoms with Gasteiger partial charge in [0.05, 0.1) is 7.11 Å². The van der Waals surface area contributed by atoms with Crippen molar-refractivity contribution in [1.82, 2.24) is 0 Å². The lowest BCUT2D eigenvalue weighted by Crippen LogP contribution is -2.21. The molecule has 0 saturated carbocycles. The molecule has 0 spiro atoms. The van der Waals surface area contributed by atoms with E-state index in [9.17, 15) is 4.79 Å². The summed E-state index contributed by atoms with van der Waals surface area (Å²) in [5, 5.41) is 6.25. The van der Waals surface area contributed by atoms with E-state index in [1.807, 2.05) is 80.6 Å². The van der Waals surface area contributed by atoms with E-state index in [0.717, 1.165) is 28.1 Å². The smallest absolute Gasteiger partial charge is 0.262 e. The topological polar surface area (TPSA) is 59.6 Å². The lowest BCUT2D eigenvalue weighted by Gasteiger charge is -2.14. The Morgan fingerprint density at radius 3 is 2.48 bits per heavy atom. The molecule has 5 heteroatoms. The summed E-state index contributed by atoms with van der Waals surface area (Å²) in [4.78, 5) is 12.3. The van der Waals surface area contributed by atoms with Gasteiger partial charge in [0.25, 0.3) is 5.91 Å². The monoisotopic (exact) mass is 390 g/mol. The summed E-state index contributed by atoms with van der Waals surface area (Å²) in [6, 6.07) is 21.5. The fourth-order valence-corrected chi connectivity index (χ4v) is 2.92. The first-order valence-electron chi connectivity index (χ1n) is 9.51. The fourth-order valence-electron chi connectivity index (χ4n) is 2.92. The molecule has 0 bridgehead atoms. The van der Waals surface area contributed by atoms with E-state index in [0.29, 0.717) is 18.0 Å². The Kier molecular flexibility index (Phi) is 6.74. The summed E-state index contributed by atoms with van der Waals surface area (Å²) < 4.78 is 11.1. The van der Waals surface area contributed by atoms with E-state index in [1.165, 1.54) is 0 Å². The molecule has 1 amide bonds. The molecule has 0 unspecified atom stereocenters. The van der Waals surface area contributed by atoms with Gasteiger partial charge in [-0.2, -0.15) is 0 Å². The third-order valence-corrected chi connectivity index (χ3v) is 4.74. The van der Waals surface area contributed by atoms with Gasteiger partial charge in [0.15, 0.2) is 18.1 Å². The minimum atomic E-state index is -0.212. The lowest BCUT2D eigenvalue weighted by atomic mass is 10.1. The van der Waals surface area contributed by atoms with Crippen LogP contribution in [0, 0.1) is 13.8 Å². The third-order valence-electron chi connectivity index (χ3n) is 4.74. The molecule has 0 atom stereocenters. The number of carbonyl (C=O) groups is 1. The van der Waals surface area contributed by atoms with Crippen LogP contribution in [0.5, 0.6) is 11.5 Å². The normalized spacial score (nSPS) is 10.3. The van der Waals surface area contributed by atoms with E-state index < -0.39 is 0 Å². The standard InChI is InChI=1S/C24H26N2O3/c1-17-8-7-11-21(18(17)2)26-24(27)16-29-22-13-12-19(14-23(22)28-3)15-25-20-9-5-4-6-10-20/h4-14,25H,15-16H2,1-3H3,(H,26,27). The number of nitrogens with one attached hydrogen (secondary N) is 2. The Labute approximate surface area is 171 Å². The van der Waals surface area contributed by atoms with Gasteiger partial charge in [0.1, 0.15) is 0 Å². The second kappa shape index (κ2) is 9.64. The highest BCUT2D eigenvalue weighted by atomic mass is 16.5. The first-order chi connectivity index (χ1) is 14.1. The molecule has 5 nitrogen and oxygen atoms in total. The Bertz CT molecular complexity index is 971. The fraction of sp³-hybridized carbons (Fsp3) is 0.208. The molecule has 0 aliphatic heterocycles. The summed E-state index contributed by atoms with van der Waals surface area (Å²) in [5.74, 6) is 0.916. The van der Waals surface area contributed by atoms with Crippen molar-refractivity contribution < 1.29 is 14.3 Å². The lowest BCUT2D eigenvalue weighted by molar-refractivity contribution is -0.118. The highest BCUT2D eigenvalue weighted by Gasteiger charge is 2.10. The zero-order chi connectivity index (χ0) is 20.6. The summed E-state index contributed by atoms with van der Waals surface area (Å²) in [6.07, 6.45) is 0. The van der Waals surface area contributed by atoms with Crippen LogP contribution in [0.15, 0.2) is 66.7 Å². The van der Waals surface area contributed by atoms with E-state index in [2.05, 4.69) is 10.6 Å². The second-order valence-corrected chi connectivity index (χ2v) is 6.79. The first-order valence-corrected chi connectivity index (χ1v) is 9.51. The van der Waals surface area contributed by atoms with Crippen molar-refractivity contribution in [2.45, 2.75) is 20.4 Å². The highest BCUT2D eigenvalue weighted by Crippen LogP contribution is 2.28. The van der Waals surface area contributed by atoms with Crippen LogP contribution in [0.4, 0.5) is 11.4 Å². The number of methoxy groups -OCH3 is 1. The minimum Gasteiger partial charge on any atom is -0.493 e. The number of carbonyl (C=O) groups excluding carboxylic acids is 1. The molecule has 150 valence electrons. The number of ether oxygens (including phenoxy) is 2. The molecule has 3 rings (SSSR count). The van der Waals surface area contributed by atoms with Gasteiger partial charge in [0, 0.05) is 17.9 Å². The molecule has 0 saturated heterocycles. The number of benzene rings is 3. The van der Waals surface area contributed by atoms with Crippen LogP contribution in [0.25, 0.3) is 0 Å². The summed E-state index contributed by atoms with van der Waals surface area (Å²) >= 11 is 0. The molecule has 0 aromatic heterocycles. The van der Waals surface area contributed by atoms with Gasteiger partial charge in [-0.05, 0) is 60.9 Å². The van der Waals surface area contributed by atoms with Crippen LogP contribution >= 0.6 is 0 Å². The van der Waals surface area contributed by atoms with Crippen molar-refractivity contribution in [1.29, 1.82) is 0 Å². The third kappa shape index (κ3) is 5.51. The van der Waals surface area contributed by atoms with Crippen molar-refractivity contribution in [3.05, 3.63) is 83.4 Å². The number of rotatable bonds is 8. The van der Waals surface area contributed by atoms with Crippen molar-refractivity contribution in [3.63, 3.8) is 0 Å². The average molecular weight is 390 g/mol. The molecule has 0 fully saturated rings. The Morgan fingerprint density at radius 2 is 1.72 bits per heavy atom. The molecule has 0 aliphatic carbocycles. The predicted octanol–water partition coefficient (Wildman–Crippen LogP) is 4.94. The van der Waals surface area contributed by atoms with Crippen molar-refractivity contribution >= 4 is 17.3 Å². The van der Waals surface area contributed by atoms with Crippen molar-refractivity contribution in [2.24, 2.45) is 0 Å². The van der Waals surface area contributed by atoms with Gasteiger partial charge in [-0.1, -0.05) is 36.4 Å². The number of hydrogen-bond acceptors (Lipinski definition) is 4. The number of amides is 1. The van der Waals surface area contributed by atoms with Crippen LogP contribution in [0.2, 0.25) is 0 Å². The van der Waals surface area contributed by atoms with Crippen LogP contribution in [-0.4, -0.2) is 19.6 Å².